The lowest BCUT2D eigenvalue weighted by Gasteiger charge is -2.07. The van der Waals surface area contributed by atoms with Crippen LogP contribution in [0.3, 0.4) is 0 Å². The number of amides is 1. The number of nitrogens with zero attached hydrogens (tertiary/aromatic N) is 2. The molecule has 0 saturated carbocycles. The number of benzene rings is 2. The average molecular weight is 280 g/mol. The summed E-state index contributed by atoms with van der Waals surface area (Å²) in [4.78, 5) is 12.2. The highest BCUT2D eigenvalue weighted by atomic mass is 16.3. The van der Waals surface area contributed by atoms with Crippen molar-refractivity contribution in [3.63, 3.8) is 0 Å². The summed E-state index contributed by atoms with van der Waals surface area (Å²) in [7, 11) is 0. The van der Waals surface area contributed by atoms with Crippen molar-refractivity contribution in [1.82, 2.24) is 10.2 Å². The van der Waals surface area contributed by atoms with Crippen molar-refractivity contribution in [2.75, 3.05) is 11.1 Å². The fraction of sp³-hybridized carbons (Fsp3) is 0. The van der Waals surface area contributed by atoms with Gasteiger partial charge in [-0.25, -0.2) is 0 Å². The van der Waals surface area contributed by atoms with Gasteiger partial charge in [0.1, 0.15) is 0 Å². The first kappa shape index (κ1) is 12.9. The van der Waals surface area contributed by atoms with Gasteiger partial charge in [0.15, 0.2) is 11.4 Å². The zero-order valence-electron chi connectivity index (χ0n) is 10.9. The standard InChI is InChI=1S/C15H12N4O2/c16-9-6-7-12-11(8-9)14(20)13(19-18-12)15(21)17-10-4-2-1-3-5-10/h1-8H,16H2,(H,17,21)(H,18,20). The Balaban J connectivity index is 2.00. The smallest absolute Gasteiger partial charge is 0.280 e. The predicted molar refractivity (Wildman–Crippen MR) is 80.0 cm³/mol. The molecule has 3 rings (SSSR count). The monoisotopic (exact) mass is 280 g/mol. The molecular formula is C15H12N4O2. The highest BCUT2D eigenvalue weighted by Crippen LogP contribution is 2.27. The number of para-hydroxylation sites is 1. The van der Waals surface area contributed by atoms with Crippen LogP contribution in [0.25, 0.3) is 10.9 Å². The SMILES string of the molecule is Nc1ccc2nnc(C(=O)Nc3ccccc3)c(O)c2c1. The van der Waals surface area contributed by atoms with Crippen molar-refractivity contribution in [3.8, 4) is 5.75 Å². The first-order chi connectivity index (χ1) is 10.1. The molecule has 21 heavy (non-hydrogen) atoms. The van der Waals surface area contributed by atoms with Crippen molar-refractivity contribution < 1.29 is 9.90 Å². The molecule has 1 amide bonds. The fourth-order valence-electron chi connectivity index (χ4n) is 1.97. The largest absolute Gasteiger partial charge is 0.505 e. The molecule has 4 N–H and O–H groups in total. The van der Waals surface area contributed by atoms with Gasteiger partial charge in [-0.05, 0) is 30.3 Å². The second-order valence-electron chi connectivity index (χ2n) is 4.49. The van der Waals surface area contributed by atoms with Crippen LogP contribution in [0.2, 0.25) is 0 Å². The molecule has 1 heterocycles. The first-order valence-corrected chi connectivity index (χ1v) is 6.26. The third-order valence-corrected chi connectivity index (χ3v) is 3.00. The number of nitrogen functional groups attached to an aromatic ring is 1. The molecular weight excluding hydrogens is 268 g/mol. The molecule has 0 aliphatic carbocycles. The molecule has 0 saturated heterocycles. The lowest BCUT2D eigenvalue weighted by molar-refractivity contribution is 0.101. The molecule has 0 atom stereocenters. The molecule has 2 aromatic carbocycles. The molecule has 3 aromatic rings. The molecule has 1 aromatic heterocycles. The summed E-state index contributed by atoms with van der Waals surface area (Å²) in [6, 6.07) is 13.7. The van der Waals surface area contributed by atoms with Crippen LogP contribution in [0.1, 0.15) is 10.5 Å². The molecule has 0 aliphatic heterocycles. The molecule has 0 bridgehead atoms. The normalized spacial score (nSPS) is 10.5. The topological polar surface area (TPSA) is 101 Å². The zero-order valence-corrected chi connectivity index (χ0v) is 10.9. The Morgan fingerprint density at radius 2 is 1.86 bits per heavy atom. The van der Waals surface area contributed by atoms with Crippen LogP contribution in [-0.2, 0) is 0 Å². The van der Waals surface area contributed by atoms with E-state index >= 15 is 0 Å². The van der Waals surface area contributed by atoms with E-state index in [-0.39, 0.29) is 11.4 Å². The van der Waals surface area contributed by atoms with Crippen LogP contribution >= 0.6 is 0 Å². The summed E-state index contributed by atoms with van der Waals surface area (Å²) in [5.41, 5.74) is 7.09. The van der Waals surface area contributed by atoms with Gasteiger partial charge in [0, 0.05) is 16.8 Å². The highest BCUT2D eigenvalue weighted by molar-refractivity contribution is 6.07. The Labute approximate surface area is 120 Å². The Morgan fingerprint density at radius 3 is 2.62 bits per heavy atom. The molecule has 0 unspecified atom stereocenters. The van der Waals surface area contributed by atoms with Crippen LogP contribution in [-0.4, -0.2) is 21.2 Å². The van der Waals surface area contributed by atoms with Crippen LogP contribution in [0.4, 0.5) is 11.4 Å². The van der Waals surface area contributed by atoms with Crippen LogP contribution < -0.4 is 11.1 Å². The van der Waals surface area contributed by atoms with Gasteiger partial charge in [-0.3, -0.25) is 4.79 Å². The van der Waals surface area contributed by atoms with Gasteiger partial charge in [0.2, 0.25) is 0 Å². The maximum absolute atomic E-state index is 12.2. The van der Waals surface area contributed by atoms with Gasteiger partial charge >= 0.3 is 0 Å². The molecule has 0 spiro atoms. The zero-order chi connectivity index (χ0) is 14.8. The summed E-state index contributed by atoms with van der Waals surface area (Å²) < 4.78 is 0. The number of aromatic nitrogens is 2. The predicted octanol–water partition coefficient (Wildman–Crippen LogP) is 2.17. The maximum atomic E-state index is 12.2. The molecule has 6 nitrogen and oxygen atoms in total. The number of aromatic hydroxyl groups is 1. The minimum absolute atomic E-state index is 0.142. The van der Waals surface area contributed by atoms with Crippen molar-refractivity contribution >= 4 is 28.2 Å². The van der Waals surface area contributed by atoms with Crippen molar-refractivity contribution in [2.45, 2.75) is 0 Å². The third-order valence-electron chi connectivity index (χ3n) is 3.00. The summed E-state index contributed by atoms with van der Waals surface area (Å²) in [6.07, 6.45) is 0. The quantitative estimate of drug-likeness (QED) is 0.624. The van der Waals surface area contributed by atoms with Gasteiger partial charge in [-0.15, -0.1) is 10.2 Å². The van der Waals surface area contributed by atoms with Gasteiger partial charge in [0.05, 0.1) is 5.52 Å². The van der Waals surface area contributed by atoms with E-state index in [9.17, 15) is 9.90 Å². The number of fused-ring (bicyclic) bond motifs is 1. The maximum Gasteiger partial charge on any atom is 0.280 e. The Morgan fingerprint density at radius 1 is 1.10 bits per heavy atom. The van der Waals surface area contributed by atoms with E-state index in [1.54, 1.807) is 42.5 Å². The van der Waals surface area contributed by atoms with Gasteiger partial charge in [0.25, 0.3) is 5.91 Å². The van der Waals surface area contributed by atoms with Gasteiger partial charge < -0.3 is 16.2 Å². The van der Waals surface area contributed by atoms with E-state index in [4.69, 9.17) is 5.73 Å². The summed E-state index contributed by atoms with van der Waals surface area (Å²) >= 11 is 0. The van der Waals surface area contributed by atoms with Gasteiger partial charge in [-0.1, -0.05) is 18.2 Å². The summed E-state index contributed by atoms with van der Waals surface area (Å²) in [5.74, 6) is -0.767. The van der Waals surface area contributed by atoms with Crippen LogP contribution in [0.5, 0.6) is 5.75 Å². The molecule has 0 fully saturated rings. The molecule has 0 radical (unpaired) electrons. The molecule has 104 valence electrons. The number of anilines is 2. The van der Waals surface area contributed by atoms with Crippen molar-refractivity contribution in [2.24, 2.45) is 0 Å². The highest BCUT2D eigenvalue weighted by Gasteiger charge is 2.17. The average Bonchev–Trinajstić information content (AvgIpc) is 2.49. The van der Waals surface area contributed by atoms with Gasteiger partial charge in [-0.2, -0.15) is 0 Å². The summed E-state index contributed by atoms with van der Waals surface area (Å²) in [5, 5.41) is 20.9. The number of nitrogens with one attached hydrogen (secondary N) is 1. The van der Waals surface area contributed by atoms with E-state index in [0.29, 0.717) is 22.3 Å². The van der Waals surface area contributed by atoms with E-state index in [2.05, 4.69) is 15.5 Å². The second-order valence-corrected chi connectivity index (χ2v) is 4.49. The van der Waals surface area contributed by atoms with E-state index in [1.165, 1.54) is 0 Å². The lowest BCUT2D eigenvalue weighted by atomic mass is 10.1. The first-order valence-electron chi connectivity index (χ1n) is 6.26. The van der Waals surface area contributed by atoms with Crippen LogP contribution in [0.15, 0.2) is 48.5 Å². The Kier molecular flexibility index (Phi) is 3.12. The van der Waals surface area contributed by atoms with Crippen molar-refractivity contribution in [3.05, 3.63) is 54.2 Å². The van der Waals surface area contributed by atoms with E-state index < -0.39 is 5.91 Å². The van der Waals surface area contributed by atoms with E-state index in [1.807, 2.05) is 6.07 Å². The third kappa shape index (κ3) is 2.46. The number of carbonyl (C=O) groups excluding carboxylic acids is 1. The number of hydrogen-bond donors (Lipinski definition) is 3. The molecule has 0 aliphatic rings. The number of nitrogens with two attached hydrogens (primary N) is 1. The minimum Gasteiger partial charge on any atom is -0.505 e. The Hall–Kier alpha value is -3.15. The lowest BCUT2D eigenvalue weighted by Crippen LogP contribution is -2.14. The van der Waals surface area contributed by atoms with Crippen molar-refractivity contribution in [1.29, 1.82) is 0 Å². The minimum atomic E-state index is -0.532. The molecule has 6 heteroatoms. The number of rotatable bonds is 2. The van der Waals surface area contributed by atoms with Crippen LogP contribution in [0, 0.1) is 0 Å². The fourth-order valence-corrected chi connectivity index (χ4v) is 1.97. The Bertz CT molecular complexity index is 819. The summed E-state index contributed by atoms with van der Waals surface area (Å²) in [6.45, 7) is 0. The van der Waals surface area contributed by atoms with E-state index in [0.717, 1.165) is 0 Å². The number of hydrogen-bond acceptors (Lipinski definition) is 5. The second kappa shape index (κ2) is 5.09. The number of carbonyl (C=O) groups is 1.